The Labute approximate surface area is 279 Å². The van der Waals surface area contributed by atoms with E-state index >= 15 is 0 Å². The van der Waals surface area contributed by atoms with Crippen molar-refractivity contribution >= 4 is 35.0 Å². The SMILES string of the molecule is CC(=O)C/C(=C/C(=O)NC1C(O)COC(C)C1O)C(=O)O.COc1cccc2c1C(=O)c1c(O)c3c(c(O)c1C2=O)C[C@@H](C(=O)CO)CC3. The van der Waals surface area contributed by atoms with Gasteiger partial charge < -0.3 is 45.4 Å². The number of aliphatic hydroxyl groups is 3. The molecule has 2 aromatic carbocycles. The zero-order valence-electron chi connectivity index (χ0n) is 26.9. The summed E-state index contributed by atoms with van der Waals surface area (Å²) in [5.74, 6) is -5.13. The first-order chi connectivity index (χ1) is 23.1. The molecule has 15 heteroatoms. The van der Waals surface area contributed by atoms with Crippen molar-refractivity contribution in [1.29, 1.82) is 0 Å². The van der Waals surface area contributed by atoms with Crippen LogP contribution in [0.2, 0.25) is 0 Å². The molecule has 1 fully saturated rings. The smallest absolute Gasteiger partial charge is 0.332 e. The summed E-state index contributed by atoms with van der Waals surface area (Å²) in [6, 6.07) is 3.62. The molecular formula is C34H37NO14. The maximum Gasteiger partial charge on any atom is 0.332 e. The number of aromatic hydroxyl groups is 2. The van der Waals surface area contributed by atoms with Gasteiger partial charge in [0, 0.05) is 40.7 Å². The number of aliphatic carboxylic acids is 1. The van der Waals surface area contributed by atoms with Gasteiger partial charge in [0.25, 0.3) is 0 Å². The van der Waals surface area contributed by atoms with Gasteiger partial charge >= 0.3 is 5.97 Å². The van der Waals surface area contributed by atoms with Gasteiger partial charge in [-0.2, -0.15) is 0 Å². The van der Waals surface area contributed by atoms with Gasteiger partial charge in [-0.05, 0) is 39.2 Å². The lowest BCUT2D eigenvalue weighted by Crippen LogP contribution is -2.59. The number of aliphatic hydroxyl groups excluding tert-OH is 3. The highest BCUT2D eigenvalue weighted by molar-refractivity contribution is 6.31. The number of ketones is 4. The van der Waals surface area contributed by atoms with E-state index in [4.69, 9.17) is 19.7 Å². The zero-order chi connectivity index (χ0) is 36.3. The van der Waals surface area contributed by atoms with Crippen LogP contribution in [-0.2, 0) is 36.8 Å². The number of ether oxygens (including phenoxy) is 2. The predicted molar refractivity (Wildman–Crippen MR) is 168 cm³/mol. The molecule has 49 heavy (non-hydrogen) atoms. The highest BCUT2D eigenvalue weighted by Gasteiger charge is 2.41. The molecule has 2 aromatic rings. The quantitative estimate of drug-likeness (QED) is 0.123. The van der Waals surface area contributed by atoms with Crippen LogP contribution in [0, 0.1) is 5.92 Å². The van der Waals surface area contributed by atoms with E-state index in [1.54, 1.807) is 19.1 Å². The first-order valence-corrected chi connectivity index (χ1v) is 15.3. The number of carboxylic acids is 1. The molecule has 4 unspecified atom stereocenters. The molecular weight excluding hydrogens is 646 g/mol. The molecule has 0 radical (unpaired) electrons. The summed E-state index contributed by atoms with van der Waals surface area (Å²) in [6.45, 7) is 2.14. The lowest BCUT2D eigenvalue weighted by molar-refractivity contribution is -0.143. The minimum atomic E-state index is -1.37. The number of carbonyl (C=O) groups excluding carboxylic acids is 5. The van der Waals surface area contributed by atoms with Crippen molar-refractivity contribution in [2.24, 2.45) is 5.92 Å². The van der Waals surface area contributed by atoms with Crippen molar-refractivity contribution in [3.8, 4) is 17.2 Å². The van der Waals surface area contributed by atoms with E-state index in [-0.39, 0.29) is 82.3 Å². The second-order valence-electron chi connectivity index (χ2n) is 12.0. The van der Waals surface area contributed by atoms with Crippen LogP contribution in [0.3, 0.4) is 0 Å². The first kappa shape index (κ1) is 36.9. The van der Waals surface area contributed by atoms with Crippen molar-refractivity contribution in [3.05, 3.63) is 63.2 Å². The number of fused-ring (bicyclic) bond motifs is 3. The summed E-state index contributed by atoms with van der Waals surface area (Å²) in [4.78, 5) is 71.7. The summed E-state index contributed by atoms with van der Waals surface area (Å²) in [7, 11) is 1.38. The monoisotopic (exact) mass is 683 g/mol. The Hall–Kier alpha value is -4.96. The number of carbonyl (C=O) groups is 6. The average Bonchev–Trinajstić information content (AvgIpc) is 3.07. The second kappa shape index (κ2) is 15.1. The average molecular weight is 684 g/mol. The van der Waals surface area contributed by atoms with Crippen LogP contribution >= 0.6 is 0 Å². The molecule has 15 nitrogen and oxygen atoms in total. The van der Waals surface area contributed by atoms with E-state index in [2.05, 4.69) is 5.32 Å². The first-order valence-electron chi connectivity index (χ1n) is 15.3. The van der Waals surface area contributed by atoms with Crippen LogP contribution in [0.15, 0.2) is 29.8 Å². The Morgan fingerprint density at radius 1 is 1.02 bits per heavy atom. The topological polar surface area (TPSA) is 254 Å². The minimum absolute atomic E-state index is 0.0495. The van der Waals surface area contributed by atoms with Crippen LogP contribution in [0.4, 0.5) is 0 Å². The summed E-state index contributed by atoms with van der Waals surface area (Å²) >= 11 is 0. The zero-order valence-corrected chi connectivity index (χ0v) is 26.9. The molecule has 5 rings (SSSR count). The number of hydrogen-bond donors (Lipinski definition) is 7. The van der Waals surface area contributed by atoms with Gasteiger partial charge in [0.1, 0.15) is 41.8 Å². The molecule has 1 aliphatic heterocycles. The summed E-state index contributed by atoms with van der Waals surface area (Å²) < 4.78 is 10.3. The van der Waals surface area contributed by atoms with Gasteiger partial charge in [0.2, 0.25) is 11.7 Å². The van der Waals surface area contributed by atoms with Crippen LogP contribution < -0.4 is 10.1 Å². The van der Waals surface area contributed by atoms with Gasteiger partial charge in [-0.3, -0.25) is 24.0 Å². The van der Waals surface area contributed by atoms with Crippen molar-refractivity contribution in [3.63, 3.8) is 0 Å². The van der Waals surface area contributed by atoms with Gasteiger partial charge in [-0.25, -0.2) is 4.79 Å². The Morgan fingerprint density at radius 3 is 2.29 bits per heavy atom. The molecule has 1 heterocycles. The van der Waals surface area contributed by atoms with E-state index < -0.39 is 66.1 Å². The number of carboxylic acid groups (broad SMARTS) is 1. The standard InChI is InChI=1S/C21H18O7.C13H19NO7/c1-28-14-4-2-3-11-15(14)21(27)17-16(19(11)25)20(26)12-7-9(13(23)8-22)5-6-10(12)18(17)24;1-6(15)3-8(13(19)20)4-10(17)14-11-9(16)5-21-7(2)12(11)18/h2-4,9,22,24,26H,5-8H2,1H3;4,7,9,11-12,16,18H,3,5H2,1-2H3,(H,14,17)(H,19,20)/b;8-4-/t9-;/m0./s1. The molecule has 262 valence electrons. The fourth-order valence-corrected chi connectivity index (χ4v) is 6.19. The highest BCUT2D eigenvalue weighted by atomic mass is 16.5. The van der Waals surface area contributed by atoms with Crippen molar-refractivity contribution in [1.82, 2.24) is 5.32 Å². The Morgan fingerprint density at radius 2 is 1.67 bits per heavy atom. The predicted octanol–water partition coefficient (Wildman–Crippen LogP) is 0.150. The van der Waals surface area contributed by atoms with Crippen molar-refractivity contribution < 1.29 is 68.9 Å². The van der Waals surface area contributed by atoms with Gasteiger partial charge in [-0.15, -0.1) is 0 Å². The van der Waals surface area contributed by atoms with Crippen LogP contribution in [-0.4, -0.2) is 110 Å². The number of methoxy groups -OCH3 is 1. The summed E-state index contributed by atoms with van der Waals surface area (Å²) in [6.07, 6.45) is -1.67. The molecule has 1 saturated heterocycles. The third-order valence-electron chi connectivity index (χ3n) is 8.76. The molecule has 7 N–H and O–H groups in total. The molecule has 0 saturated carbocycles. The number of phenolic OH excluding ortho intramolecular Hbond substituents is 2. The molecule has 2 aliphatic carbocycles. The van der Waals surface area contributed by atoms with Crippen molar-refractivity contribution in [2.75, 3.05) is 20.3 Å². The second-order valence-corrected chi connectivity index (χ2v) is 12.0. The third-order valence-corrected chi connectivity index (χ3v) is 8.76. The van der Waals surface area contributed by atoms with Gasteiger partial charge in [-0.1, -0.05) is 12.1 Å². The number of nitrogens with one attached hydrogen (secondary N) is 1. The fourth-order valence-electron chi connectivity index (χ4n) is 6.19. The van der Waals surface area contributed by atoms with E-state index in [1.807, 2.05) is 0 Å². The fraction of sp³-hybridized carbons (Fsp3) is 0.412. The lowest BCUT2D eigenvalue weighted by atomic mass is 9.75. The van der Waals surface area contributed by atoms with Crippen LogP contribution in [0.25, 0.3) is 0 Å². The third kappa shape index (κ3) is 7.39. The summed E-state index contributed by atoms with van der Waals surface area (Å²) in [5, 5.41) is 61.5. The number of amides is 1. The molecule has 0 aromatic heterocycles. The molecule has 0 spiro atoms. The summed E-state index contributed by atoms with van der Waals surface area (Å²) in [5.41, 5.74) is -0.0560. The Bertz CT molecular complexity index is 1740. The van der Waals surface area contributed by atoms with Crippen LogP contribution in [0.5, 0.6) is 17.2 Å². The Balaban J connectivity index is 0.000000232. The van der Waals surface area contributed by atoms with Gasteiger partial charge in [0.15, 0.2) is 11.6 Å². The number of phenols is 2. The maximum atomic E-state index is 13.1. The normalized spacial score (nSPS) is 22.8. The minimum Gasteiger partial charge on any atom is -0.507 e. The Kier molecular flexibility index (Phi) is 11.3. The van der Waals surface area contributed by atoms with E-state index in [0.717, 1.165) is 6.08 Å². The van der Waals surface area contributed by atoms with Crippen LogP contribution in [0.1, 0.15) is 69.7 Å². The molecule has 3 aliphatic rings. The molecule has 1 amide bonds. The van der Waals surface area contributed by atoms with Crippen molar-refractivity contribution in [2.45, 2.75) is 63.9 Å². The van der Waals surface area contributed by atoms with E-state index in [1.165, 1.54) is 20.1 Å². The number of hydrogen-bond acceptors (Lipinski definition) is 13. The van der Waals surface area contributed by atoms with Gasteiger partial charge in [0.05, 0.1) is 42.6 Å². The maximum absolute atomic E-state index is 13.1. The number of benzene rings is 2. The van der Waals surface area contributed by atoms with E-state index in [9.17, 15) is 49.2 Å². The lowest BCUT2D eigenvalue weighted by Gasteiger charge is -2.36. The molecule has 5 atom stereocenters. The largest absolute Gasteiger partial charge is 0.507 e. The highest BCUT2D eigenvalue weighted by Crippen LogP contribution is 2.47. The molecule has 0 bridgehead atoms. The number of rotatable bonds is 8. The van der Waals surface area contributed by atoms with E-state index in [0.29, 0.717) is 12.0 Å². The number of Topliss-reactive ketones (excluding diaryl/α,β-unsaturated/α-hetero) is 2.